The van der Waals surface area contributed by atoms with Crippen LogP contribution in [0.1, 0.15) is 56.2 Å². The molecule has 2 aliphatic rings. The van der Waals surface area contributed by atoms with E-state index in [1.54, 1.807) is 12.1 Å². The first-order chi connectivity index (χ1) is 16.0. The number of nitro groups is 1. The summed E-state index contributed by atoms with van der Waals surface area (Å²) >= 11 is 0. The van der Waals surface area contributed by atoms with E-state index in [9.17, 15) is 19.7 Å². The van der Waals surface area contributed by atoms with Gasteiger partial charge in [0.15, 0.2) is 5.78 Å². The molecule has 1 aliphatic heterocycles. The smallest absolute Gasteiger partial charge is 0.269 e. The van der Waals surface area contributed by atoms with Crippen LogP contribution in [0.4, 0.5) is 11.4 Å². The summed E-state index contributed by atoms with van der Waals surface area (Å²) in [7, 11) is 0. The highest BCUT2D eigenvalue weighted by atomic mass is 16.6. The highest BCUT2D eigenvalue weighted by Crippen LogP contribution is 2.47. The minimum absolute atomic E-state index is 0.0421. The fourth-order valence-corrected chi connectivity index (χ4v) is 5.03. The Bertz CT molecular complexity index is 1290. The van der Waals surface area contributed by atoms with Crippen LogP contribution in [0.25, 0.3) is 0 Å². The number of ketones is 1. The normalized spacial score (nSPS) is 19.4. The molecule has 7 nitrogen and oxygen atoms in total. The van der Waals surface area contributed by atoms with Crippen LogP contribution >= 0.6 is 0 Å². The van der Waals surface area contributed by atoms with Crippen molar-refractivity contribution in [3.63, 3.8) is 0 Å². The maximum absolute atomic E-state index is 13.6. The molecule has 1 aliphatic carbocycles. The average molecular weight is 460 g/mol. The van der Waals surface area contributed by atoms with E-state index in [0.717, 1.165) is 16.8 Å². The molecular weight excluding hydrogens is 430 g/mol. The summed E-state index contributed by atoms with van der Waals surface area (Å²) in [5.74, 6) is -1.07. The molecule has 176 valence electrons. The number of dihydropyridines is 1. The zero-order valence-electron chi connectivity index (χ0n) is 20.1. The molecule has 0 unspecified atom stereocenters. The number of carbonyl (C=O) groups excluding carboxylic acids is 2. The van der Waals surface area contributed by atoms with Gasteiger partial charge in [0.1, 0.15) is 0 Å². The number of benzene rings is 2. The van der Waals surface area contributed by atoms with Gasteiger partial charge in [0, 0.05) is 52.7 Å². The van der Waals surface area contributed by atoms with Gasteiger partial charge in [-0.05, 0) is 49.8 Å². The SMILES string of the molecule is CC1=C(C(=O)Nc2ccc(C)cc2C)[C@H](c2cccc([N+](=O)[O-])c2)C2=C(CC(C)(C)CC2=O)N1. The zero-order valence-corrected chi connectivity index (χ0v) is 20.1. The molecule has 2 aromatic rings. The lowest BCUT2D eigenvalue weighted by atomic mass is 9.68. The van der Waals surface area contributed by atoms with Crippen molar-refractivity contribution in [3.05, 3.63) is 91.8 Å². The number of nitro benzene ring substituents is 1. The molecule has 1 heterocycles. The maximum Gasteiger partial charge on any atom is 0.269 e. The number of carbonyl (C=O) groups is 2. The molecular formula is C27H29N3O4. The highest BCUT2D eigenvalue weighted by molar-refractivity contribution is 6.10. The minimum atomic E-state index is -0.689. The van der Waals surface area contributed by atoms with E-state index in [-0.39, 0.29) is 22.8 Å². The Balaban J connectivity index is 1.84. The topological polar surface area (TPSA) is 101 Å². The number of rotatable bonds is 4. The van der Waals surface area contributed by atoms with E-state index < -0.39 is 10.8 Å². The summed E-state index contributed by atoms with van der Waals surface area (Å²) in [6.07, 6.45) is 1.01. The van der Waals surface area contributed by atoms with Gasteiger partial charge in [-0.15, -0.1) is 0 Å². The number of allylic oxidation sites excluding steroid dienone is 3. The molecule has 7 heteroatoms. The van der Waals surface area contributed by atoms with Gasteiger partial charge in [0.2, 0.25) is 0 Å². The summed E-state index contributed by atoms with van der Waals surface area (Å²) in [6, 6.07) is 12.0. The van der Waals surface area contributed by atoms with Gasteiger partial charge in [0.05, 0.1) is 4.92 Å². The number of hydrogen-bond donors (Lipinski definition) is 2. The van der Waals surface area contributed by atoms with E-state index in [0.29, 0.717) is 40.9 Å². The largest absolute Gasteiger partial charge is 0.362 e. The Morgan fingerprint density at radius 2 is 1.85 bits per heavy atom. The van der Waals surface area contributed by atoms with Gasteiger partial charge in [-0.25, -0.2) is 0 Å². The molecule has 0 aromatic heterocycles. The Kier molecular flexibility index (Phi) is 5.89. The lowest BCUT2D eigenvalue weighted by molar-refractivity contribution is -0.384. The minimum Gasteiger partial charge on any atom is -0.362 e. The zero-order chi connectivity index (χ0) is 24.8. The molecule has 2 aromatic carbocycles. The van der Waals surface area contributed by atoms with Gasteiger partial charge < -0.3 is 10.6 Å². The number of anilines is 1. The van der Waals surface area contributed by atoms with Gasteiger partial charge in [0.25, 0.3) is 11.6 Å². The van der Waals surface area contributed by atoms with Crippen LogP contribution in [0.3, 0.4) is 0 Å². The van der Waals surface area contributed by atoms with Gasteiger partial charge >= 0.3 is 0 Å². The molecule has 0 saturated carbocycles. The standard InChI is InChI=1S/C27H29N3O4/c1-15-9-10-20(16(2)11-15)29-26(32)23-17(3)28-21-13-27(4,5)14-22(31)25(21)24(23)18-7-6-8-19(12-18)30(33)34/h6-12,24,28H,13-14H2,1-5H3,(H,29,32)/t24-/m0/s1. The van der Waals surface area contributed by atoms with Crippen LogP contribution in [0.5, 0.6) is 0 Å². The lowest BCUT2D eigenvalue weighted by Crippen LogP contribution is -2.39. The summed E-state index contributed by atoms with van der Waals surface area (Å²) in [4.78, 5) is 38.1. The van der Waals surface area contributed by atoms with Crippen molar-refractivity contribution < 1.29 is 14.5 Å². The van der Waals surface area contributed by atoms with Gasteiger partial charge in [-0.2, -0.15) is 0 Å². The van der Waals surface area contributed by atoms with Crippen molar-refractivity contribution in [2.24, 2.45) is 5.41 Å². The summed E-state index contributed by atoms with van der Waals surface area (Å²) in [5.41, 5.74) is 5.32. The average Bonchev–Trinajstić information content (AvgIpc) is 2.73. The van der Waals surface area contributed by atoms with Crippen LogP contribution < -0.4 is 10.6 Å². The van der Waals surface area contributed by atoms with Crippen LogP contribution in [-0.2, 0) is 9.59 Å². The Labute approximate surface area is 199 Å². The molecule has 1 atom stereocenters. The van der Waals surface area contributed by atoms with Crippen LogP contribution in [-0.4, -0.2) is 16.6 Å². The Hall–Kier alpha value is -3.74. The van der Waals surface area contributed by atoms with Crippen molar-refractivity contribution in [2.45, 2.75) is 53.4 Å². The quantitative estimate of drug-likeness (QED) is 0.467. The molecule has 1 amide bonds. The second-order valence-corrected chi connectivity index (χ2v) is 10.1. The first-order valence-corrected chi connectivity index (χ1v) is 11.3. The Morgan fingerprint density at radius 3 is 2.53 bits per heavy atom. The molecule has 0 bridgehead atoms. The van der Waals surface area contributed by atoms with E-state index in [4.69, 9.17) is 0 Å². The van der Waals surface area contributed by atoms with E-state index in [1.807, 2.05) is 52.8 Å². The van der Waals surface area contributed by atoms with Crippen molar-refractivity contribution >= 4 is 23.1 Å². The number of nitrogens with zero attached hydrogens (tertiary/aromatic N) is 1. The number of hydrogen-bond acceptors (Lipinski definition) is 5. The predicted molar refractivity (Wildman–Crippen MR) is 131 cm³/mol. The molecule has 0 fully saturated rings. The third-order valence-corrected chi connectivity index (χ3v) is 6.53. The predicted octanol–water partition coefficient (Wildman–Crippen LogP) is 5.45. The fourth-order valence-electron chi connectivity index (χ4n) is 5.03. The molecule has 0 spiro atoms. The molecule has 2 N–H and O–H groups in total. The van der Waals surface area contributed by atoms with E-state index >= 15 is 0 Å². The van der Waals surface area contributed by atoms with Crippen LogP contribution in [0, 0.1) is 29.4 Å². The first-order valence-electron chi connectivity index (χ1n) is 11.3. The lowest BCUT2D eigenvalue weighted by Gasteiger charge is -2.39. The van der Waals surface area contributed by atoms with E-state index in [2.05, 4.69) is 10.6 Å². The Morgan fingerprint density at radius 1 is 1.12 bits per heavy atom. The highest BCUT2D eigenvalue weighted by Gasteiger charge is 2.43. The number of nitrogens with one attached hydrogen (secondary N) is 2. The third kappa shape index (κ3) is 4.38. The van der Waals surface area contributed by atoms with Crippen molar-refractivity contribution in [1.29, 1.82) is 0 Å². The second-order valence-electron chi connectivity index (χ2n) is 10.1. The number of non-ortho nitro benzene ring substituents is 1. The maximum atomic E-state index is 13.6. The molecule has 0 radical (unpaired) electrons. The van der Waals surface area contributed by atoms with Gasteiger partial charge in [-0.3, -0.25) is 19.7 Å². The molecule has 4 rings (SSSR count). The monoisotopic (exact) mass is 459 g/mol. The van der Waals surface area contributed by atoms with Crippen molar-refractivity contribution in [2.75, 3.05) is 5.32 Å². The number of Topliss-reactive ketones (excluding diaryl/α,β-unsaturated/α-hetero) is 1. The van der Waals surface area contributed by atoms with Crippen molar-refractivity contribution in [1.82, 2.24) is 5.32 Å². The third-order valence-electron chi connectivity index (χ3n) is 6.53. The first kappa shape index (κ1) is 23.4. The number of amides is 1. The summed E-state index contributed by atoms with van der Waals surface area (Å²) in [5, 5.41) is 17.8. The van der Waals surface area contributed by atoms with Crippen molar-refractivity contribution in [3.8, 4) is 0 Å². The fraction of sp³-hybridized carbons (Fsp3) is 0.333. The van der Waals surface area contributed by atoms with Crippen LogP contribution in [0.15, 0.2) is 65.0 Å². The van der Waals surface area contributed by atoms with Gasteiger partial charge in [-0.1, -0.05) is 43.7 Å². The molecule has 0 saturated heterocycles. The number of aryl methyl sites for hydroxylation is 2. The summed E-state index contributed by atoms with van der Waals surface area (Å²) < 4.78 is 0. The molecule has 34 heavy (non-hydrogen) atoms. The van der Waals surface area contributed by atoms with E-state index in [1.165, 1.54) is 12.1 Å². The second kappa shape index (κ2) is 8.56. The van der Waals surface area contributed by atoms with Crippen LogP contribution in [0.2, 0.25) is 0 Å². The summed E-state index contributed by atoms with van der Waals surface area (Å²) in [6.45, 7) is 9.81.